The second kappa shape index (κ2) is 8.20. The molecule has 0 unspecified atom stereocenters. The predicted molar refractivity (Wildman–Crippen MR) is 49.3 cm³/mol. The van der Waals surface area contributed by atoms with Gasteiger partial charge in [-0.2, -0.15) is 0 Å². The van der Waals surface area contributed by atoms with Gasteiger partial charge < -0.3 is 15.5 Å². The van der Waals surface area contributed by atoms with Gasteiger partial charge in [0.15, 0.2) is 0 Å². The Hall–Kier alpha value is 0.0969. The molecule has 0 aromatic heterocycles. The fourth-order valence-electron chi connectivity index (χ4n) is 0.933. The van der Waals surface area contributed by atoms with Crippen LogP contribution in [0.15, 0.2) is 0 Å². The van der Waals surface area contributed by atoms with Crippen molar-refractivity contribution in [2.24, 2.45) is 0 Å². The van der Waals surface area contributed by atoms with Gasteiger partial charge in [0.2, 0.25) is 0 Å². The molecule has 0 saturated carbocycles. The summed E-state index contributed by atoms with van der Waals surface area (Å²) in [7, 11) is -1.16. The molecule has 11 heavy (non-hydrogen) atoms. The van der Waals surface area contributed by atoms with Crippen molar-refractivity contribution in [3.8, 4) is 0 Å². The Morgan fingerprint density at radius 2 is 1.91 bits per heavy atom. The number of aliphatic hydroxyl groups is 2. The second-order valence-corrected chi connectivity index (χ2v) is 5.77. The van der Waals surface area contributed by atoms with Gasteiger partial charge in [-0.15, -0.1) is 0 Å². The minimum atomic E-state index is -1.16. The van der Waals surface area contributed by atoms with Crippen LogP contribution in [0.1, 0.15) is 13.3 Å². The van der Waals surface area contributed by atoms with Gasteiger partial charge in [0.25, 0.3) is 0 Å². The van der Waals surface area contributed by atoms with Gasteiger partial charge in [0.05, 0.1) is 8.80 Å². The fourth-order valence-corrected chi connectivity index (χ4v) is 2.19. The topological polar surface area (TPSA) is 52.5 Å². The summed E-state index contributed by atoms with van der Waals surface area (Å²) in [5.41, 5.74) is 0. The fraction of sp³-hybridized carbons (Fsp3) is 1.00. The third kappa shape index (κ3) is 6.49. The summed E-state index contributed by atoms with van der Waals surface area (Å²) in [5, 5.41) is 20.7. The summed E-state index contributed by atoms with van der Waals surface area (Å²) in [6, 6.07) is 1.04. The van der Waals surface area contributed by atoms with E-state index in [-0.39, 0.29) is 12.5 Å². The van der Waals surface area contributed by atoms with Gasteiger partial charge in [-0.1, -0.05) is 13.0 Å². The number of nitrogens with one attached hydrogen (secondary N) is 1. The molecule has 0 aromatic carbocycles. The molecule has 0 radical (unpaired) electrons. The van der Waals surface area contributed by atoms with Crippen LogP contribution < -0.4 is 5.32 Å². The Morgan fingerprint density at radius 1 is 1.27 bits per heavy atom. The van der Waals surface area contributed by atoms with E-state index in [2.05, 4.69) is 12.2 Å². The summed E-state index contributed by atoms with van der Waals surface area (Å²) in [6.07, 6.45) is 1.57. The first-order chi connectivity index (χ1) is 5.35. The highest BCUT2D eigenvalue weighted by Gasteiger charge is 2.06. The zero-order chi connectivity index (χ0) is 8.53. The molecule has 0 fully saturated rings. The molecule has 0 rings (SSSR count). The van der Waals surface area contributed by atoms with Crippen molar-refractivity contribution in [1.82, 2.24) is 5.32 Å². The number of aliphatic hydroxyl groups excluding tert-OH is 2. The average Bonchev–Trinajstić information content (AvgIpc) is 2.05. The predicted octanol–water partition coefficient (Wildman–Crippen LogP) is -0.724. The molecule has 0 amide bonds. The van der Waals surface area contributed by atoms with E-state index in [9.17, 15) is 0 Å². The van der Waals surface area contributed by atoms with Crippen molar-refractivity contribution in [3.05, 3.63) is 0 Å². The van der Waals surface area contributed by atoms with Crippen molar-refractivity contribution in [2.45, 2.75) is 19.4 Å². The van der Waals surface area contributed by atoms with Crippen LogP contribution in [-0.4, -0.2) is 44.6 Å². The lowest BCUT2D eigenvalue weighted by Gasteiger charge is -2.07. The van der Waals surface area contributed by atoms with E-state index in [1.807, 2.05) is 0 Å². The highest BCUT2D eigenvalue weighted by Crippen LogP contribution is 1.94. The summed E-state index contributed by atoms with van der Waals surface area (Å²) in [6.45, 7) is 4.09. The van der Waals surface area contributed by atoms with Crippen molar-refractivity contribution in [3.63, 3.8) is 0 Å². The normalized spacial score (nSPS) is 10.9. The second-order valence-electron chi connectivity index (χ2n) is 2.73. The SMILES string of the molecule is CCNCCC[SiH](CO)CO. The molecule has 0 aliphatic rings. The van der Waals surface area contributed by atoms with E-state index in [1.165, 1.54) is 0 Å². The molecular weight excluding hydrogens is 158 g/mol. The largest absolute Gasteiger partial charge is 0.400 e. The molecule has 68 valence electrons. The van der Waals surface area contributed by atoms with Crippen LogP contribution in [0.2, 0.25) is 6.04 Å². The molecule has 0 aromatic rings. The minimum Gasteiger partial charge on any atom is -0.400 e. The van der Waals surface area contributed by atoms with Crippen LogP contribution in [0.5, 0.6) is 0 Å². The monoisotopic (exact) mass is 177 g/mol. The number of rotatable bonds is 7. The van der Waals surface area contributed by atoms with Crippen LogP contribution in [0.25, 0.3) is 0 Å². The molecule has 0 spiro atoms. The van der Waals surface area contributed by atoms with E-state index in [1.54, 1.807) is 0 Å². The lowest BCUT2D eigenvalue weighted by molar-refractivity contribution is 0.328. The lowest BCUT2D eigenvalue weighted by Crippen LogP contribution is -2.25. The molecule has 0 bridgehead atoms. The van der Waals surface area contributed by atoms with E-state index in [0.29, 0.717) is 0 Å². The maximum atomic E-state index is 8.76. The Balaban J connectivity index is 3.07. The summed E-state index contributed by atoms with van der Waals surface area (Å²) < 4.78 is 0. The Morgan fingerprint density at radius 3 is 2.36 bits per heavy atom. The molecule has 4 heteroatoms. The molecule has 0 heterocycles. The van der Waals surface area contributed by atoms with Gasteiger partial charge >= 0.3 is 0 Å². The molecule has 0 aliphatic carbocycles. The maximum Gasteiger partial charge on any atom is 0.0968 e. The number of hydrogen-bond acceptors (Lipinski definition) is 3. The first-order valence-corrected chi connectivity index (χ1v) is 6.72. The van der Waals surface area contributed by atoms with Gasteiger partial charge in [0, 0.05) is 12.5 Å². The van der Waals surface area contributed by atoms with Crippen molar-refractivity contribution in [2.75, 3.05) is 25.5 Å². The summed E-state index contributed by atoms with van der Waals surface area (Å²) >= 11 is 0. The van der Waals surface area contributed by atoms with Crippen molar-refractivity contribution < 1.29 is 10.2 Å². The van der Waals surface area contributed by atoms with E-state index in [4.69, 9.17) is 10.2 Å². The van der Waals surface area contributed by atoms with Crippen LogP contribution in [0.3, 0.4) is 0 Å². The highest BCUT2D eigenvalue weighted by molar-refractivity contribution is 6.58. The Kier molecular flexibility index (Phi) is 8.27. The lowest BCUT2D eigenvalue weighted by atomic mass is 10.5. The number of hydrogen-bond donors (Lipinski definition) is 3. The standard InChI is InChI=1S/C7H19NO2Si/c1-2-8-4-3-5-11(6-9)7-10/h8-11H,2-7H2,1H3. The van der Waals surface area contributed by atoms with Gasteiger partial charge in [-0.05, 0) is 19.5 Å². The van der Waals surface area contributed by atoms with Crippen LogP contribution in [0, 0.1) is 0 Å². The van der Waals surface area contributed by atoms with Gasteiger partial charge in [-0.25, -0.2) is 0 Å². The minimum absolute atomic E-state index is 0.239. The first kappa shape index (κ1) is 11.1. The third-order valence-corrected chi connectivity index (χ3v) is 3.99. The Bertz CT molecular complexity index is 78.8. The molecule has 3 nitrogen and oxygen atoms in total. The van der Waals surface area contributed by atoms with Crippen LogP contribution in [0.4, 0.5) is 0 Å². The first-order valence-electron chi connectivity index (χ1n) is 4.27. The van der Waals surface area contributed by atoms with Crippen LogP contribution in [-0.2, 0) is 0 Å². The van der Waals surface area contributed by atoms with E-state index in [0.717, 1.165) is 25.6 Å². The molecule has 0 saturated heterocycles. The average molecular weight is 177 g/mol. The summed E-state index contributed by atoms with van der Waals surface area (Å²) in [5.74, 6) is 0. The molecule has 0 atom stereocenters. The molecule has 3 N–H and O–H groups in total. The van der Waals surface area contributed by atoms with Gasteiger partial charge in [0.1, 0.15) is 0 Å². The Labute approximate surface area is 70.0 Å². The zero-order valence-corrected chi connectivity index (χ0v) is 8.37. The van der Waals surface area contributed by atoms with E-state index >= 15 is 0 Å². The molecule has 0 aliphatic heterocycles. The zero-order valence-electron chi connectivity index (χ0n) is 7.21. The third-order valence-electron chi connectivity index (χ3n) is 1.73. The van der Waals surface area contributed by atoms with Crippen molar-refractivity contribution >= 4 is 8.80 Å². The maximum absolute atomic E-state index is 8.76. The summed E-state index contributed by atoms with van der Waals surface area (Å²) in [4.78, 5) is 0. The quantitative estimate of drug-likeness (QED) is 0.355. The van der Waals surface area contributed by atoms with Crippen molar-refractivity contribution in [1.29, 1.82) is 0 Å². The molecular formula is C7H19NO2Si. The highest BCUT2D eigenvalue weighted by atomic mass is 28.3. The van der Waals surface area contributed by atoms with E-state index < -0.39 is 8.80 Å². The smallest absolute Gasteiger partial charge is 0.0968 e. The van der Waals surface area contributed by atoms with Gasteiger partial charge in [-0.3, -0.25) is 0 Å². The van der Waals surface area contributed by atoms with Crippen LogP contribution >= 0.6 is 0 Å².